The Hall–Kier alpha value is -2.69. The Morgan fingerprint density at radius 1 is 1.00 bits per heavy atom. The summed E-state index contributed by atoms with van der Waals surface area (Å²) in [5.74, 6) is -0.581. The molecule has 0 spiro atoms. The van der Waals surface area contributed by atoms with Gasteiger partial charge in [-0.25, -0.2) is 4.39 Å². The quantitative estimate of drug-likeness (QED) is 0.627. The third kappa shape index (κ3) is 6.48. The highest BCUT2D eigenvalue weighted by molar-refractivity contribution is 5.88. The van der Waals surface area contributed by atoms with Gasteiger partial charge in [0.2, 0.25) is 11.8 Å². The molecule has 0 fully saturated rings. The molecule has 28 heavy (non-hydrogen) atoms. The number of hydrogen-bond acceptors (Lipinski definition) is 2. The summed E-state index contributed by atoms with van der Waals surface area (Å²) >= 11 is 0. The molecule has 5 heteroatoms. The summed E-state index contributed by atoms with van der Waals surface area (Å²) in [6.07, 6.45) is 2.63. The smallest absolute Gasteiger partial charge is 0.242 e. The summed E-state index contributed by atoms with van der Waals surface area (Å²) in [6.45, 7) is 4.83. The van der Waals surface area contributed by atoms with Gasteiger partial charge < -0.3 is 10.2 Å². The van der Waals surface area contributed by atoms with E-state index in [4.69, 9.17) is 0 Å². The molecule has 0 aromatic heterocycles. The van der Waals surface area contributed by atoms with Crippen LogP contribution >= 0.6 is 0 Å². The lowest BCUT2D eigenvalue weighted by molar-refractivity contribution is -0.140. The Balaban J connectivity index is 2.21. The average Bonchev–Trinajstić information content (AvgIpc) is 2.70. The van der Waals surface area contributed by atoms with Crippen molar-refractivity contribution in [1.82, 2.24) is 10.2 Å². The van der Waals surface area contributed by atoms with E-state index in [1.165, 1.54) is 12.1 Å². The van der Waals surface area contributed by atoms with Gasteiger partial charge in [0.1, 0.15) is 11.9 Å². The van der Waals surface area contributed by atoms with Gasteiger partial charge in [-0.15, -0.1) is 0 Å². The second kappa shape index (κ2) is 11.2. The molecule has 2 amide bonds. The average molecular weight is 384 g/mol. The molecule has 2 aromatic carbocycles. The van der Waals surface area contributed by atoms with Gasteiger partial charge in [0.25, 0.3) is 0 Å². The van der Waals surface area contributed by atoms with Crippen LogP contribution in [-0.2, 0) is 22.6 Å². The Kier molecular flexibility index (Phi) is 8.66. The van der Waals surface area contributed by atoms with Crippen LogP contribution in [0.25, 0.3) is 0 Å². The maximum absolute atomic E-state index is 13.3. The highest BCUT2D eigenvalue weighted by Gasteiger charge is 2.28. The maximum Gasteiger partial charge on any atom is 0.242 e. The van der Waals surface area contributed by atoms with Gasteiger partial charge >= 0.3 is 0 Å². The van der Waals surface area contributed by atoms with Gasteiger partial charge in [-0.1, -0.05) is 62.7 Å². The number of halogens is 1. The van der Waals surface area contributed by atoms with Crippen LogP contribution in [0.2, 0.25) is 0 Å². The fourth-order valence-corrected chi connectivity index (χ4v) is 3.08. The number of benzene rings is 2. The number of carbonyl (C=O) groups excluding carboxylic acids is 2. The first-order valence-electron chi connectivity index (χ1n) is 9.90. The highest BCUT2D eigenvalue weighted by atomic mass is 19.1. The number of carbonyl (C=O) groups is 2. The number of rotatable bonds is 10. The van der Waals surface area contributed by atoms with E-state index in [2.05, 4.69) is 12.2 Å². The number of hydrogen-bond donors (Lipinski definition) is 1. The van der Waals surface area contributed by atoms with Gasteiger partial charge in [-0.05, 0) is 36.1 Å². The number of nitrogens with one attached hydrogen (secondary N) is 1. The SMILES string of the molecule is CCCCNC(=O)[C@H](CC)N(Cc1ccc(F)cc1)C(=O)Cc1ccccc1. The van der Waals surface area contributed by atoms with Crippen LogP contribution in [0.1, 0.15) is 44.2 Å². The van der Waals surface area contributed by atoms with Gasteiger partial charge in [0, 0.05) is 13.1 Å². The summed E-state index contributed by atoms with van der Waals surface area (Å²) in [4.78, 5) is 27.4. The molecule has 1 atom stereocenters. The van der Waals surface area contributed by atoms with Crippen LogP contribution in [0.3, 0.4) is 0 Å². The van der Waals surface area contributed by atoms with Crippen molar-refractivity contribution in [3.8, 4) is 0 Å². The number of amides is 2. The van der Waals surface area contributed by atoms with E-state index in [0.29, 0.717) is 13.0 Å². The summed E-state index contributed by atoms with van der Waals surface area (Å²) in [6, 6.07) is 15.0. The zero-order valence-corrected chi connectivity index (χ0v) is 16.7. The maximum atomic E-state index is 13.3. The van der Waals surface area contributed by atoms with Crippen molar-refractivity contribution in [2.24, 2.45) is 0 Å². The van der Waals surface area contributed by atoms with Crippen LogP contribution < -0.4 is 5.32 Å². The van der Waals surface area contributed by atoms with Crippen LogP contribution in [0.15, 0.2) is 54.6 Å². The molecule has 0 aliphatic rings. The molecule has 2 rings (SSSR count). The lowest BCUT2D eigenvalue weighted by Crippen LogP contribution is -2.49. The molecule has 0 unspecified atom stereocenters. The number of unbranched alkanes of at least 4 members (excludes halogenated alkanes) is 1. The van der Waals surface area contributed by atoms with Crippen LogP contribution in [0, 0.1) is 5.82 Å². The van der Waals surface area contributed by atoms with E-state index < -0.39 is 6.04 Å². The molecule has 0 aliphatic heterocycles. The molecular formula is C23H29FN2O2. The molecule has 0 radical (unpaired) electrons. The summed E-state index contributed by atoms with van der Waals surface area (Å²) < 4.78 is 13.3. The minimum Gasteiger partial charge on any atom is -0.354 e. The van der Waals surface area contributed by atoms with E-state index in [0.717, 1.165) is 24.0 Å². The lowest BCUT2D eigenvalue weighted by atomic mass is 10.1. The molecule has 0 heterocycles. The van der Waals surface area contributed by atoms with E-state index in [-0.39, 0.29) is 30.6 Å². The Morgan fingerprint density at radius 2 is 1.68 bits per heavy atom. The Bertz CT molecular complexity index is 747. The Labute approximate surface area is 166 Å². The van der Waals surface area contributed by atoms with E-state index in [1.54, 1.807) is 17.0 Å². The predicted molar refractivity (Wildman–Crippen MR) is 109 cm³/mol. The first-order valence-corrected chi connectivity index (χ1v) is 9.90. The minimum atomic E-state index is -0.557. The highest BCUT2D eigenvalue weighted by Crippen LogP contribution is 2.15. The van der Waals surface area contributed by atoms with Crippen molar-refractivity contribution >= 4 is 11.8 Å². The zero-order valence-electron chi connectivity index (χ0n) is 16.7. The molecule has 2 aromatic rings. The molecule has 0 bridgehead atoms. The summed E-state index contributed by atoms with van der Waals surface area (Å²) in [5, 5.41) is 2.94. The molecular weight excluding hydrogens is 355 g/mol. The Morgan fingerprint density at radius 3 is 2.29 bits per heavy atom. The van der Waals surface area contributed by atoms with Crippen molar-refractivity contribution in [2.45, 2.75) is 52.1 Å². The molecule has 150 valence electrons. The first-order chi connectivity index (χ1) is 13.5. The topological polar surface area (TPSA) is 49.4 Å². The molecule has 0 aliphatic carbocycles. The summed E-state index contributed by atoms with van der Waals surface area (Å²) in [7, 11) is 0. The minimum absolute atomic E-state index is 0.118. The van der Waals surface area contributed by atoms with Crippen molar-refractivity contribution in [3.63, 3.8) is 0 Å². The first kappa shape index (κ1) is 21.6. The third-order valence-corrected chi connectivity index (χ3v) is 4.68. The zero-order chi connectivity index (χ0) is 20.4. The van der Waals surface area contributed by atoms with E-state index in [1.807, 2.05) is 37.3 Å². The lowest BCUT2D eigenvalue weighted by Gasteiger charge is -2.31. The van der Waals surface area contributed by atoms with Gasteiger partial charge in [0.05, 0.1) is 6.42 Å². The molecule has 0 saturated carbocycles. The third-order valence-electron chi connectivity index (χ3n) is 4.68. The monoisotopic (exact) mass is 384 g/mol. The van der Waals surface area contributed by atoms with Gasteiger partial charge in [-0.3, -0.25) is 9.59 Å². The largest absolute Gasteiger partial charge is 0.354 e. The van der Waals surface area contributed by atoms with Crippen molar-refractivity contribution in [2.75, 3.05) is 6.54 Å². The fraction of sp³-hybridized carbons (Fsp3) is 0.391. The normalized spacial score (nSPS) is 11.7. The van der Waals surface area contributed by atoms with E-state index >= 15 is 0 Å². The molecule has 4 nitrogen and oxygen atoms in total. The number of nitrogens with zero attached hydrogens (tertiary/aromatic N) is 1. The van der Waals surface area contributed by atoms with Crippen molar-refractivity contribution in [3.05, 3.63) is 71.5 Å². The second-order valence-electron chi connectivity index (χ2n) is 6.88. The fourth-order valence-electron chi connectivity index (χ4n) is 3.08. The van der Waals surface area contributed by atoms with Crippen molar-refractivity contribution in [1.29, 1.82) is 0 Å². The van der Waals surface area contributed by atoms with Crippen LogP contribution in [-0.4, -0.2) is 29.3 Å². The van der Waals surface area contributed by atoms with Crippen LogP contribution in [0.5, 0.6) is 0 Å². The summed E-state index contributed by atoms with van der Waals surface area (Å²) in [5.41, 5.74) is 1.69. The predicted octanol–water partition coefficient (Wildman–Crippen LogP) is 4.09. The van der Waals surface area contributed by atoms with Gasteiger partial charge in [0.15, 0.2) is 0 Å². The van der Waals surface area contributed by atoms with Crippen LogP contribution in [0.4, 0.5) is 4.39 Å². The molecule has 1 N–H and O–H groups in total. The second-order valence-corrected chi connectivity index (χ2v) is 6.88. The standard InChI is InChI=1S/C23H29FN2O2/c1-3-5-15-25-23(28)21(4-2)26(17-19-11-13-20(24)14-12-19)22(27)16-18-9-7-6-8-10-18/h6-14,21H,3-5,15-17H2,1-2H3,(H,25,28)/t21-/m0/s1. The van der Waals surface area contributed by atoms with E-state index in [9.17, 15) is 14.0 Å². The van der Waals surface area contributed by atoms with Gasteiger partial charge in [-0.2, -0.15) is 0 Å². The van der Waals surface area contributed by atoms with Crippen molar-refractivity contribution < 1.29 is 14.0 Å². The molecule has 0 saturated heterocycles.